The van der Waals surface area contributed by atoms with Crippen molar-refractivity contribution in [1.82, 2.24) is 4.90 Å². The van der Waals surface area contributed by atoms with E-state index in [0.717, 1.165) is 0 Å². The maximum absolute atomic E-state index is 13.1. The van der Waals surface area contributed by atoms with Crippen molar-refractivity contribution in [3.05, 3.63) is 11.6 Å². The van der Waals surface area contributed by atoms with E-state index in [1.807, 2.05) is 6.08 Å². The third-order valence-corrected chi connectivity index (χ3v) is 3.81. The minimum atomic E-state index is -4.26. The van der Waals surface area contributed by atoms with Crippen molar-refractivity contribution in [3.8, 4) is 0 Å². The molecule has 19 heavy (non-hydrogen) atoms. The molecule has 1 heterocycles. The summed E-state index contributed by atoms with van der Waals surface area (Å²) in [6, 6.07) is -2.39. The number of rotatable bonds is 3. The smallest absolute Gasteiger partial charge is 0.326 e. The third-order valence-electron chi connectivity index (χ3n) is 3.81. The molecule has 0 fully saturated rings. The van der Waals surface area contributed by atoms with E-state index in [1.54, 1.807) is 6.92 Å². The molecule has 0 aromatic rings. The van der Waals surface area contributed by atoms with Gasteiger partial charge in [-0.2, -0.15) is 13.2 Å². The first-order valence-electron chi connectivity index (χ1n) is 6.83. The van der Waals surface area contributed by atoms with Crippen LogP contribution in [0.3, 0.4) is 0 Å². The highest BCUT2D eigenvalue weighted by atomic mass is 19.4. The average molecular weight is 278 g/mol. The molecule has 2 atom stereocenters. The van der Waals surface area contributed by atoms with E-state index in [1.165, 1.54) is 10.5 Å². The molecule has 1 aliphatic rings. The number of halogens is 3. The minimum Gasteiger partial charge on any atom is -0.326 e. The fourth-order valence-corrected chi connectivity index (χ4v) is 2.56. The van der Waals surface area contributed by atoms with Crippen molar-refractivity contribution < 1.29 is 13.2 Å². The largest absolute Gasteiger partial charge is 0.405 e. The Morgan fingerprint density at radius 2 is 1.89 bits per heavy atom. The zero-order valence-electron chi connectivity index (χ0n) is 12.2. The van der Waals surface area contributed by atoms with Crippen LogP contribution in [0.2, 0.25) is 0 Å². The van der Waals surface area contributed by atoms with E-state index in [9.17, 15) is 13.2 Å². The number of alkyl halides is 3. The van der Waals surface area contributed by atoms with Crippen LogP contribution in [0.4, 0.5) is 13.2 Å². The number of hydrogen-bond acceptors (Lipinski definition) is 2. The van der Waals surface area contributed by atoms with Crippen molar-refractivity contribution in [2.45, 2.75) is 58.8 Å². The Morgan fingerprint density at radius 1 is 1.32 bits per heavy atom. The van der Waals surface area contributed by atoms with Gasteiger partial charge in [-0.25, -0.2) is 0 Å². The van der Waals surface area contributed by atoms with Crippen LogP contribution in [0.5, 0.6) is 0 Å². The quantitative estimate of drug-likeness (QED) is 0.802. The second kappa shape index (κ2) is 5.83. The number of nitrogens with zero attached hydrogens (tertiary/aromatic N) is 1. The fraction of sp³-hybridized carbons (Fsp3) is 0.857. The van der Waals surface area contributed by atoms with Gasteiger partial charge in [0, 0.05) is 19.1 Å². The maximum Gasteiger partial charge on any atom is 0.405 e. The number of hydrogen-bond donors (Lipinski definition) is 1. The van der Waals surface area contributed by atoms with Gasteiger partial charge in [-0.05, 0) is 18.3 Å². The van der Waals surface area contributed by atoms with E-state index in [0.29, 0.717) is 25.9 Å². The zero-order chi connectivity index (χ0) is 14.8. The summed E-state index contributed by atoms with van der Waals surface area (Å²) in [6.07, 6.45) is -1.31. The molecule has 0 saturated carbocycles. The predicted octanol–water partition coefficient (Wildman–Crippen LogP) is 3.33. The Hall–Kier alpha value is -0.550. The van der Waals surface area contributed by atoms with Crippen LogP contribution in [0, 0.1) is 5.41 Å². The summed E-state index contributed by atoms with van der Waals surface area (Å²) in [4.78, 5) is 1.46. The van der Waals surface area contributed by atoms with Crippen molar-refractivity contribution in [2.75, 3.05) is 13.1 Å². The molecule has 1 rings (SSSR count). The SMILES string of the molecule is CCC(N)C(N1CC=C(C(C)(C)C)CC1)C(F)(F)F. The van der Waals surface area contributed by atoms with Gasteiger partial charge in [0.2, 0.25) is 0 Å². The summed E-state index contributed by atoms with van der Waals surface area (Å²) in [5, 5.41) is 0. The second-order valence-electron chi connectivity index (χ2n) is 6.28. The summed E-state index contributed by atoms with van der Waals surface area (Å²) in [5.41, 5.74) is 6.94. The molecule has 2 nitrogen and oxygen atoms in total. The van der Waals surface area contributed by atoms with Gasteiger partial charge in [-0.1, -0.05) is 39.3 Å². The molecule has 0 aromatic carbocycles. The lowest BCUT2D eigenvalue weighted by Gasteiger charge is -2.39. The van der Waals surface area contributed by atoms with E-state index >= 15 is 0 Å². The second-order valence-corrected chi connectivity index (χ2v) is 6.28. The summed E-state index contributed by atoms with van der Waals surface area (Å²) >= 11 is 0. The van der Waals surface area contributed by atoms with Gasteiger partial charge in [0.15, 0.2) is 0 Å². The van der Waals surface area contributed by atoms with Crippen molar-refractivity contribution in [1.29, 1.82) is 0 Å². The molecule has 0 amide bonds. The van der Waals surface area contributed by atoms with Gasteiger partial charge in [-0.3, -0.25) is 4.90 Å². The molecule has 1 aliphatic heterocycles. The maximum atomic E-state index is 13.1. The molecule has 5 heteroatoms. The molecule has 2 unspecified atom stereocenters. The van der Waals surface area contributed by atoms with Crippen LogP contribution in [0.15, 0.2) is 11.6 Å². The van der Waals surface area contributed by atoms with Gasteiger partial charge in [0.1, 0.15) is 6.04 Å². The Balaban J connectivity index is 2.84. The molecule has 0 saturated heterocycles. The van der Waals surface area contributed by atoms with Crippen LogP contribution in [-0.4, -0.2) is 36.2 Å². The Morgan fingerprint density at radius 3 is 2.21 bits per heavy atom. The van der Waals surface area contributed by atoms with E-state index in [-0.39, 0.29) is 5.41 Å². The predicted molar refractivity (Wildman–Crippen MR) is 71.8 cm³/mol. The van der Waals surface area contributed by atoms with Gasteiger partial charge in [-0.15, -0.1) is 0 Å². The highest BCUT2D eigenvalue weighted by molar-refractivity contribution is 5.15. The monoisotopic (exact) mass is 278 g/mol. The first-order valence-corrected chi connectivity index (χ1v) is 6.83. The third kappa shape index (κ3) is 4.21. The average Bonchev–Trinajstić information content (AvgIpc) is 2.26. The van der Waals surface area contributed by atoms with Crippen LogP contribution in [0.25, 0.3) is 0 Å². The van der Waals surface area contributed by atoms with Crippen LogP contribution in [0.1, 0.15) is 40.5 Å². The summed E-state index contributed by atoms with van der Waals surface area (Å²) in [5.74, 6) is 0. The van der Waals surface area contributed by atoms with Crippen molar-refractivity contribution >= 4 is 0 Å². The van der Waals surface area contributed by atoms with E-state index < -0.39 is 18.3 Å². The summed E-state index contributed by atoms with van der Waals surface area (Å²) in [6.45, 7) is 8.74. The first-order chi connectivity index (χ1) is 8.57. The summed E-state index contributed by atoms with van der Waals surface area (Å²) in [7, 11) is 0. The molecule has 112 valence electrons. The molecular formula is C14H25F3N2. The molecule has 0 aliphatic carbocycles. The van der Waals surface area contributed by atoms with E-state index in [4.69, 9.17) is 5.73 Å². The molecule has 0 bridgehead atoms. The fourth-order valence-electron chi connectivity index (χ4n) is 2.56. The molecule has 0 spiro atoms. The van der Waals surface area contributed by atoms with Crippen molar-refractivity contribution in [2.24, 2.45) is 11.1 Å². The standard InChI is InChI=1S/C14H25F3N2/c1-5-11(18)12(14(15,16)17)19-8-6-10(7-9-19)13(2,3)4/h6,11-12H,5,7-9,18H2,1-4H3. The summed E-state index contributed by atoms with van der Waals surface area (Å²) < 4.78 is 39.4. The van der Waals surface area contributed by atoms with Crippen LogP contribution in [-0.2, 0) is 0 Å². The highest BCUT2D eigenvalue weighted by Crippen LogP contribution is 2.34. The Kier molecular flexibility index (Phi) is 5.07. The van der Waals surface area contributed by atoms with Gasteiger partial charge in [0.05, 0.1) is 0 Å². The van der Waals surface area contributed by atoms with Crippen LogP contribution < -0.4 is 5.73 Å². The van der Waals surface area contributed by atoms with Crippen molar-refractivity contribution in [3.63, 3.8) is 0 Å². The zero-order valence-corrected chi connectivity index (χ0v) is 12.2. The Labute approximate surface area is 113 Å². The lowest BCUT2D eigenvalue weighted by Crippen LogP contribution is -2.57. The molecule has 2 N–H and O–H groups in total. The first kappa shape index (κ1) is 16.5. The lowest BCUT2D eigenvalue weighted by atomic mass is 9.82. The highest BCUT2D eigenvalue weighted by Gasteiger charge is 2.46. The lowest BCUT2D eigenvalue weighted by molar-refractivity contribution is -0.188. The van der Waals surface area contributed by atoms with Gasteiger partial charge in [0.25, 0.3) is 0 Å². The van der Waals surface area contributed by atoms with Gasteiger partial charge >= 0.3 is 6.18 Å². The van der Waals surface area contributed by atoms with Gasteiger partial charge < -0.3 is 5.73 Å². The normalized spacial score (nSPS) is 22.0. The minimum absolute atomic E-state index is 0.0344. The topological polar surface area (TPSA) is 29.3 Å². The molecule has 0 radical (unpaired) electrons. The van der Waals surface area contributed by atoms with Crippen LogP contribution >= 0.6 is 0 Å². The molecule has 0 aromatic heterocycles. The molecular weight excluding hydrogens is 253 g/mol. The van der Waals surface area contributed by atoms with E-state index in [2.05, 4.69) is 20.8 Å². The Bertz CT molecular complexity index is 329. The number of nitrogens with two attached hydrogens (primary N) is 1.